The lowest BCUT2D eigenvalue weighted by molar-refractivity contribution is 0.415. The molecule has 0 aliphatic heterocycles. The summed E-state index contributed by atoms with van der Waals surface area (Å²) in [6.45, 7) is 6.14. The Hall–Kier alpha value is -2.04. The van der Waals surface area contributed by atoms with Crippen molar-refractivity contribution < 1.29 is 4.74 Å². The number of hydrogen-bond donors (Lipinski definition) is 1. The summed E-state index contributed by atoms with van der Waals surface area (Å²) in [6.07, 6.45) is 3.41. The van der Waals surface area contributed by atoms with Crippen LogP contribution in [0.5, 0.6) is 5.75 Å². The molecule has 0 amide bonds. The number of aromatic nitrogens is 3. The zero-order chi connectivity index (χ0) is 13.3. The van der Waals surface area contributed by atoms with E-state index in [4.69, 9.17) is 10.5 Å². The van der Waals surface area contributed by atoms with Gasteiger partial charge in [0.15, 0.2) is 5.75 Å². The van der Waals surface area contributed by atoms with E-state index in [9.17, 15) is 0 Å². The van der Waals surface area contributed by atoms with E-state index >= 15 is 0 Å². The summed E-state index contributed by atoms with van der Waals surface area (Å²) in [6, 6.07) is 2.16. The molecule has 0 fully saturated rings. The molecular weight excluding hydrogens is 228 g/mol. The van der Waals surface area contributed by atoms with Gasteiger partial charge in [0.2, 0.25) is 0 Å². The zero-order valence-corrected chi connectivity index (χ0v) is 11.1. The minimum atomic E-state index is 0.225. The lowest BCUT2D eigenvalue weighted by Crippen LogP contribution is -2.07. The maximum atomic E-state index is 6.00. The fourth-order valence-corrected chi connectivity index (χ4v) is 2.01. The number of pyridine rings is 1. The van der Waals surface area contributed by atoms with E-state index in [-0.39, 0.29) is 6.04 Å². The van der Waals surface area contributed by atoms with Crippen LogP contribution in [-0.4, -0.2) is 21.9 Å². The van der Waals surface area contributed by atoms with Crippen LogP contribution < -0.4 is 10.5 Å². The Morgan fingerprint density at radius 3 is 2.67 bits per heavy atom. The number of nitrogens with zero attached hydrogens (tertiary/aromatic N) is 3. The molecule has 0 radical (unpaired) electrons. The van der Waals surface area contributed by atoms with Crippen molar-refractivity contribution in [2.45, 2.75) is 26.8 Å². The number of nitrogens with two attached hydrogens (primary N) is 1. The van der Waals surface area contributed by atoms with E-state index in [1.165, 1.54) is 0 Å². The molecule has 2 N–H and O–H groups in total. The Labute approximate surface area is 107 Å². The monoisotopic (exact) mass is 246 g/mol. The summed E-state index contributed by atoms with van der Waals surface area (Å²) in [5.41, 5.74) is 8.83. The lowest BCUT2D eigenvalue weighted by Gasteiger charge is -2.15. The highest BCUT2D eigenvalue weighted by Gasteiger charge is 2.20. The van der Waals surface area contributed by atoms with Gasteiger partial charge in [-0.25, -0.2) is 4.98 Å². The minimum absolute atomic E-state index is 0.225. The van der Waals surface area contributed by atoms with Crippen molar-refractivity contribution in [2.24, 2.45) is 0 Å². The number of rotatable bonds is 3. The molecule has 0 atom stereocenters. The average molecular weight is 246 g/mol. The van der Waals surface area contributed by atoms with Gasteiger partial charge < -0.3 is 10.5 Å². The van der Waals surface area contributed by atoms with Gasteiger partial charge >= 0.3 is 0 Å². The van der Waals surface area contributed by atoms with Crippen LogP contribution in [0.15, 0.2) is 18.5 Å². The van der Waals surface area contributed by atoms with Crippen LogP contribution in [0.2, 0.25) is 0 Å². The normalized spacial score (nSPS) is 10.9. The highest BCUT2D eigenvalue weighted by Crippen LogP contribution is 2.36. The molecular formula is C13H18N4O. The Morgan fingerprint density at radius 1 is 1.39 bits per heavy atom. The van der Waals surface area contributed by atoms with E-state index in [0.29, 0.717) is 11.6 Å². The molecule has 0 bridgehead atoms. The van der Waals surface area contributed by atoms with Crippen LogP contribution in [0.3, 0.4) is 0 Å². The van der Waals surface area contributed by atoms with Gasteiger partial charge in [0.1, 0.15) is 11.5 Å². The van der Waals surface area contributed by atoms with Crippen LogP contribution >= 0.6 is 0 Å². The third-order valence-corrected chi connectivity index (χ3v) is 2.90. The highest BCUT2D eigenvalue weighted by atomic mass is 16.5. The van der Waals surface area contributed by atoms with Crippen molar-refractivity contribution in [3.05, 3.63) is 24.0 Å². The Bertz CT molecular complexity index is 540. The third-order valence-electron chi connectivity index (χ3n) is 2.90. The fraction of sp³-hybridized carbons (Fsp3) is 0.385. The molecule has 2 rings (SSSR count). The van der Waals surface area contributed by atoms with Crippen LogP contribution in [0.1, 0.15) is 25.5 Å². The molecule has 0 aliphatic rings. The van der Waals surface area contributed by atoms with E-state index < -0.39 is 0 Å². The molecule has 18 heavy (non-hydrogen) atoms. The van der Waals surface area contributed by atoms with Gasteiger partial charge in [0.25, 0.3) is 0 Å². The maximum absolute atomic E-state index is 6.00. The summed E-state index contributed by atoms with van der Waals surface area (Å²) < 4.78 is 7.28. The van der Waals surface area contributed by atoms with Gasteiger partial charge in [0.05, 0.1) is 13.3 Å². The van der Waals surface area contributed by atoms with Gasteiger partial charge in [-0.3, -0.25) is 4.68 Å². The lowest BCUT2D eigenvalue weighted by atomic mass is 10.1. The number of ether oxygens (including phenoxy) is 1. The number of anilines is 1. The molecule has 2 aromatic heterocycles. The first-order chi connectivity index (χ1) is 8.56. The number of aryl methyl sites for hydroxylation is 1. The topological polar surface area (TPSA) is 66.0 Å². The summed E-state index contributed by atoms with van der Waals surface area (Å²) >= 11 is 0. The molecule has 0 saturated heterocycles. The molecule has 0 spiro atoms. The summed E-state index contributed by atoms with van der Waals surface area (Å²) in [5, 5.41) is 4.35. The molecule has 0 aromatic carbocycles. The van der Waals surface area contributed by atoms with Gasteiger partial charge in [0, 0.05) is 17.8 Å². The molecule has 2 heterocycles. The van der Waals surface area contributed by atoms with Gasteiger partial charge in [-0.05, 0) is 32.4 Å². The first kappa shape index (κ1) is 12.4. The molecule has 2 aromatic rings. The van der Waals surface area contributed by atoms with E-state index in [1.807, 2.05) is 17.7 Å². The van der Waals surface area contributed by atoms with Crippen LogP contribution in [-0.2, 0) is 0 Å². The first-order valence-electron chi connectivity index (χ1n) is 5.89. The number of nitrogen functional groups attached to an aromatic ring is 1. The summed E-state index contributed by atoms with van der Waals surface area (Å²) in [7, 11) is 1.63. The van der Waals surface area contributed by atoms with Crippen molar-refractivity contribution in [2.75, 3.05) is 12.8 Å². The van der Waals surface area contributed by atoms with Crippen LogP contribution in [0, 0.1) is 6.92 Å². The average Bonchev–Trinajstić information content (AvgIpc) is 2.72. The predicted octanol–water partition coefficient (Wildman–Crippen LogP) is 2.43. The van der Waals surface area contributed by atoms with Crippen molar-refractivity contribution in [1.82, 2.24) is 14.8 Å². The third kappa shape index (κ3) is 1.92. The zero-order valence-electron chi connectivity index (χ0n) is 11.1. The summed E-state index contributed by atoms with van der Waals surface area (Å²) in [4.78, 5) is 4.15. The Balaban J connectivity index is 2.73. The molecule has 0 aliphatic carbocycles. The number of hydrogen-bond acceptors (Lipinski definition) is 4. The second-order valence-corrected chi connectivity index (χ2v) is 4.49. The Kier molecular flexibility index (Phi) is 3.23. The fourth-order valence-electron chi connectivity index (χ4n) is 2.01. The van der Waals surface area contributed by atoms with Gasteiger partial charge in [-0.1, -0.05) is 0 Å². The Morgan fingerprint density at radius 2 is 2.11 bits per heavy atom. The summed E-state index contributed by atoms with van der Waals surface area (Å²) in [5.74, 6) is 1.21. The highest BCUT2D eigenvalue weighted by molar-refractivity contribution is 5.78. The second-order valence-electron chi connectivity index (χ2n) is 4.49. The standard InChI is InChI=1S/C13H18N4O/c1-8(2)17-12(10(18-4)7-16-17)11-9(3)5-6-15-13(11)14/h5-8H,1-4H3,(H2,14,15). The molecule has 0 unspecified atom stereocenters. The smallest absolute Gasteiger partial charge is 0.164 e. The second kappa shape index (κ2) is 4.68. The minimum Gasteiger partial charge on any atom is -0.493 e. The first-order valence-corrected chi connectivity index (χ1v) is 5.89. The van der Waals surface area contributed by atoms with E-state index in [1.54, 1.807) is 19.5 Å². The molecule has 5 heteroatoms. The number of methoxy groups -OCH3 is 1. The SMILES string of the molecule is COc1cnn(C(C)C)c1-c1c(C)ccnc1N. The van der Waals surface area contributed by atoms with E-state index in [2.05, 4.69) is 23.9 Å². The predicted molar refractivity (Wildman–Crippen MR) is 71.5 cm³/mol. The van der Waals surface area contributed by atoms with Crippen molar-refractivity contribution in [3.63, 3.8) is 0 Å². The molecule has 5 nitrogen and oxygen atoms in total. The van der Waals surface area contributed by atoms with Crippen LogP contribution in [0.4, 0.5) is 5.82 Å². The van der Waals surface area contributed by atoms with Crippen molar-refractivity contribution in [1.29, 1.82) is 0 Å². The maximum Gasteiger partial charge on any atom is 0.164 e. The van der Waals surface area contributed by atoms with Crippen molar-refractivity contribution >= 4 is 5.82 Å². The van der Waals surface area contributed by atoms with Crippen LogP contribution in [0.25, 0.3) is 11.3 Å². The molecule has 0 saturated carbocycles. The van der Waals surface area contributed by atoms with Gasteiger partial charge in [-0.15, -0.1) is 0 Å². The molecule has 96 valence electrons. The van der Waals surface area contributed by atoms with E-state index in [0.717, 1.165) is 16.8 Å². The quantitative estimate of drug-likeness (QED) is 0.903. The largest absolute Gasteiger partial charge is 0.493 e. The van der Waals surface area contributed by atoms with Gasteiger partial charge in [-0.2, -0.15) is 5.10 Å². The van der Waals surface area contributed by atoms with Crippen molar-refractivity contribution in [3.8, 4) is 17.0 Å².